The monoisotopic (exact) mass is 283 g/mol. The molecule has 96 valence electrons. The molecule has 0 aliphatic carbocycles. The van der Waals surface area contributed by atoms with Crippen LogP contribution in [-0.4, -0.2) is 23.2 Å². The summed E-state index contributed by atoms with van der Waals surface area (Å²) in [5.41, 5.74) is 1.18. The Morgan fingerprint density at radius 3 is 2.89 bits per heavy atom. The average Bonchev–Trinajstić information content (AvgIpc) is 2.71. The third-order valence-electron chi connectivity index (χ3n) is 3.60. The van der Waals surface area contributed by atoms with Gasteiger partial charge in [-0.1, -0.05) is 29.8 Å². The van der Waals surface area contributed by atoms with Crippen molar-refractivity contribution >= 4 is 23.4 Å². The van der Waals surface area contributed by atoms with Gasteiger partial charge < -0.3 is 0 Å². The summed E-state index contributed by atoms with van der Waals surface area (Å²) in [6.45, 7) is 3.06. The van der Waals surface area contributed by atoms with Gasteiger partial charge in [-0.3, -0.25) is 4.90 Å². The largest absolute Gasteiger partial charge is 0.298 e. The number of benzene rings is 1. The van der Waals surface area contributed by atoms with Crippen LogP contribution in [0, 0.1) is 11.7 Å². The lowest BCUT2D eigenvalue weighted by atomic mass is 9.97. The Kier molecular flexibility index (Phi) is 3.64. The molecule has 0 radical (unpaired) electrons. The summed E-state index contributed by atoms with van der Waals surface area (Å²) in [6, 6.07) is 6.80. The van der Waals surface area contributed by atoms with Gasteiger partial charge in [0.15, 0.2) is 0 Å². The molecule has 0 bridgehead atoms. The molecule has 0 amide bonds. The Morgan fingerprint density at radius 1 is 1.33 bits per heavy atom. The Bertz CT molecular complexity index is 459. The number of fused-ring (bicyclic) bond motifs is 1. The highest BCUT2D eigenvalue weighted by molar-refractivity contribution is 8.05. The molecule has 1 nitrogen and oxygen atoms in total. The molecule has 0 aromatic heterocycles. The molecule has 2 atom stereocenters. The van der Waals surface area contributed by atoms with Gasteiger partial charge >= 0.3 is 0 Å². The fourth-order valence-corrected chi connectivity index (χ4v) is 4.29. The van der Waals surface area contributed by atoms with Gasteiger partial charge in [0.1, 0.15) is 5.82 Å². The van der Waals surface area contributed by atoms with Gasteiger partial charge in [0.2, 0.25) is 0 Å². The van der Waals surface area contributed by atoms with Crippen LogP contribution in [0.15, 0.2) is 34.7 Å². The maximum Gasteiger partial charge on any atom is 0.123 e. The fraction of sp³-hybridized carbons (Fsp3) is 0.429. The lowest BCUT2D eigenvalue weighted by molar-refractivity contribution is 0.195. The van der Waals surface area contributed by atoms with E-state index in [1.54, 1.807) is 0 Å². The summed E-state index contributed by atoms with van der Waals surface area (Å²) in [6.07, 6.45) is 3.37. The summed E-state index contributed by atoms with van der Waals surface area (Å²) >= 11 is 7.89. The van der Waals surface area contributed by atoms with Crippen molar-refractivity contribution in [2.45, 2.75) is 18.2 Å². The number of halogens is 2. The Labute approximate surface area is 116 Å². The van der Waals surface area contributed by atoms with Gasteiger partial charge in [-0.25, -0.2) is 4.39 Å². The summed E-state index contributed by atoms with van der Waals surface area (Å²) in [5, 5.41) is 0.668. The third-order valence-corrected chi connectivity index (χ3v) is 5.25. The fourth-order valence-electron chi connectivity index (χ4n) is 2.68. The quantitative estimate of drug-likeness (QED) is 0.811. The summed E-state index contributed by atoms with van der Waals surface area (Å²) < 4.78 is 13.8. The summed E-state index contributed by atoms with van der Waals surface area (Å²) in [7, 11) is 0. The van der Waals surface area contributed by atoms with E-state index in [9.17, 15) is 4.39 Å². The number of piperidine rings is 1. The maximum atomic E-state index is 12.8. The minimum Gasteiger partial charge on any atom is -0.298 e. The van der Waals surface area contributed by atoms with Gasteiger partial charge in [0.05, 0.1) is 4.36 Å². The molecule has 1 aromatic carbocycles. The van der Waals surface area contributed by atoms with E-state index in [0.717, 1.165) is 24.0 Å². The smallest absolute Gasteiger partial charge is 0.123 e. The number of hydrogen-bond acceptors (Lipinski definition) is 2. The van der Waals surface area contributed by atoms with Crippen LogP contribution in [0.2, 0.25) is 0 Å². The van der Waals surface area contributed by atoms with Crippen LogP contribution in [0.3, 0.4) is 0 Å². The molecule has 1 saturated heterocycles. The molecule has 0 N–H and O–H groups in total. The predicted octanol–water partition coefficient (Wildman–Crippen LogP) is 3.84. The third kappa shape index (κ3) is 2.73. The minimum absolute atomic E-state index is 0.167. The average molecular weight is 284 g/mol. The van der Waals surface area contributed by atoms with Crippen molar-refractivity contribution in [1.82, 2.24) is 4.90 Å². The van der Waals surface area contributed by atoms with Crippen LogP contribution in [-0.2, 0) is 6.54 Å². The molecule has 0 spiro atoms. The zero-order chi connectivity index (χ0) is 12.5. The molecule has 2 heterocycles. The lowest BCUT2D eigenvalue weighted by Crippen LogP contribution is -2.39. The Hall–Kier alpha value is -0.510. The van der Waals surface area contributed by atoms with Crippen molar-refractivity contribution in [3.8, 4) is 0 Å². The van der Waals surface area contributed by atoms with Crippen LogP contribution in [0.1, 0.15) is 12.0 Å². The molecule has 18 heavy (non-hydrogen) atoms. The molecule has 0 saturated carbocycles. The first-order valence-corrected chi connectivity index (χ1v) is 7.47. The van der Waals surface area contributed by atoms with Crippen molar-refractivity contribution in [1.29, 1.82) is 0 Å². The van der Waals surface area contributed by atoms with Crippen molar-refractivity contribution < 1.29 is 4.39 Å². The first-order chi connectivity index (χ1) is 8.70. The van der Waals surface area contributed by atoms with E-state index < -0.39 is 0 Å². The predicted molar refractivity (Wildman–Crippen MR) is 75.1 cm³/mol. The highest BCUT2D eigenvalue weighted by Crippen LogP contribution is 2.42. The molecule has 1 fully saturated rings. The summed E-state index contributed by atoms with van der Waals surface area (Å²) in [5.74, 6) is 0.413. The molecule has 3 rings (SSSR count). The highest BCUT2D eigenvalue weighted by Gasteiger charge is 2.33. The lowest BCUT2D eigenvalue weighted by Gasteiger charge is -2.34. The zero-order valence-electron chi connectivity index (χ0n) is 9.98. The van der Waals surface area contributed by atoms with Crippen LogP contribution in [0.5, 0.6) is 0 Å². The van der Waals surface area contributed by atoms with Crippen molar-refractivity contribution in [2.75, 3.05) is 13.1 Å². The SMILES string of the molecule is Fc1ccc(CN2CCC3SC(Cl)=CC3C2)cc1. The molecule has 2 unspecified atom stereocenters. The number of hydrogen-bond donors (Lipinski definition) is 0. The van der Waals surface area contributed by atoms with Gasteiger partial charge in [0, 0.05) is 24.3 Å². The van der Waals surface area contributed by atoms with E-state index >= 15 is 0 Å². The first kappa shape index (κ1) is 12.5. The standard InChI is InChI=1S/C14H15ClFNS/c15-14-7-11-9-17(6-5-13(11)18-14)8-10-1-3-12(16)4-2-10/h1-4,7,11,13H,5-6,8-9H2. The number of thioether (sulfide) groups is 1. The summed E-state index contributed by atoms with van der Waals surface area (Å²) in [4.78, 5) is 2.43. The van der Waals surface area contributed by atoms with Crippen LogP contribution in [0.25, 0.3) is 0 Å². The normalized spacial score (nSPS) is 28.0. The zero-order valence-corrected chi connectivity index (χ0v) is 11.6. The Morgan fingerprint density at radius 2 is 2.11 bits per heavy atom. The topological polar surface area (TPSA) is 3.24 Å². The number of rotatable bonds is 2. The highest BCUT2D eigenvalue weighted by atomic mass is 35.5. The van der Waals surface area contributed by atoms with E-state index in [0.29, 0.717) is 11.2 Å². The first-order valence-electron chi connectivity index (χ1n) is 6.21. The molecular formula is C14H15ClFNS. The molecular weight excluding hydrogens is 269 g/mol. The van der Waals surface area contributed by atoms with Crippen LogP contribution < -0.4 is 0 Å². The van der Waals surface area contributed by atoms with E-state index in [1.807, 2.05) is 23.9 Å². The van der Waals surface area contributed by atoms with Crippen LogP contribution >= 0.6 is 23.4 Å². The van der Waals surface area contributed by atoms with E-state index in [-0.39, 0.29) is 5.82 Å². The van der Waals surface area contributed by atoms with E-state index in [4.69, 9.17) is 11.6 Å². The maximum absolute atomic E-state index is 12.8. The second-order valence-corrected chi connectivity index (χ2v) is 6.85. The number of nitrogens with zero attached hydrogens (tertiary/aromatic N) is 1. The van der Waals surface area contributed by atoms with Gasteiger partial charge in [0.25, 0.3) is 0 Å². The second kappa shape index (κ2) is 5.24. The molecule has 2 aliphatic heterocycles. The molecule has 1 aromatic rings. The van der Waals surface area contributed by atoms with E-state index in [2.05, 4.69) is 11.0 Å². The van der Waals surface area contributed by atoms with E-state index in [1.165, 1.54) is 24.1 Å². The second-order valence-electron chi connectivity index (χ2n) is 4.94. The van der Waals surface area contributed by atoms with Crippen molar-refractivity contribution in [3.05, 3.63) is 46.1 Å². The molecule has 2 aliphatic rings. The number of likely N-dealkylation sites (tertiary alicyclic amines) is 1. The van der Waals surface area contributed by atoms with Gasteiger partial charge in [-0.05, 0) is 30.7 Å². The van der Waals surface area contributed by atoms with Gasteiger partial charge in [-0.2, -0.15) is 0 Å². The molecule has 4 heteroatoms. The Balaban J connectivity index is 1.63. The van der Waals surface area contributed by atoms with Crippen LogP contribution in [0.4, 0.5) is 4.39 Å². The minimum atomic E-state index is -0.167. The van der Waals surface area contributed by atoms with Crippen molar-refractivity contribution in [2.24, 2.45) is 5.92 Å². The van der Waals surface area contributed by atoms with Crippen molar-refractivity contribution in [3.63, 3.8) is 0 Å². The van der Waals surface area contributed by atoms with Gasteiger partial charge in [-0.15, -0.1) is 11.8 Å².